The number of sulfone groups is 2. The topological polar surface area (TPSA) is 68.3 Å². The van der Waals surface area contributed by atoms with Crippen LogP contribution in [0.25, 0.3) is 0 Å². The molecule has 0 fully saturated rings. The van der Waals surface area contributed by atoms with Gasteiger partial charge in [0.05, 0.1) is 26.9 Å². The molecule has 4 nitrogen and oxygen atoms in total. The highest BCUT2D eigenvalue weighted by molar-refractivity contribution is 7.92. The average molecular weight is 610 g/mol. The van der Waals surface area contributed by atoms with Crippen LogP contribution in [0.3, 0.4) is 0 Å². The number of alkyl halides is 3. The molecule has 0 saturated heterocycles. The molecule has 0 unspecified atom stereocenters. The number of hydrogen-bond acceptors (Lipinski definition) is 4. The second-order valence-corrected chi connectivity index (χ2v) is 15.2. The van der Waals surface area contributed by atoms with Gasteiger partial charge in [0.2, 0.25) is 0 Å². The highest BCUT2D eigenvalue weighted by Gasteiger charge is 2.38. The quantitative estimate of drug-likeness (QED) is 0.109. The Labute approximate surface area is 242 Å². The summed E-state index contributed by atoms with van der Waals surface area (Å²) in [7, 11) is -8.26. The highest BCUT2D eigenvalue weighted by Crippen LogP contribution is 2.36. The molecule has 1 radical (unpaired) electrons. The zero-order valence-corrected chi connectivity index (χ0v) is 26.4. The summed E-state index contributed by atoms with van der Waals surface area (Å²) in [6, 6.07) is 3.38. The van der Waals surface area contributed by atoms with E-state index in [4.69, 9.17) is 0 Å². The van der Waals surface area contributed by atoms with E-state index in [0.717, 1.165) is 44.9 Å². The fourth-order valence-electron chi connectivity index (χ4n) is 4.89. The van der Waals surface area contributed by atoms with Crippen LogP contribution in [0.1, 0.15) is 148 Å². The minimum Gasteiger partial charge on any atom is -0.224 e. The van der Waals surface area contributed by atoms with Crippen molar-refractivity contribution in [3.05, 3.63) is 23.8 Å². The highest BCUT2D eigenvalue weighted by atomic mass is 32.2. The Bertz CT molecular complexity index is 1020. The fourth-order valence-corrected chi connectivity index (χ4v) is 7.92. The first kappa shape index (κ1) is 36.9. The van der Waals surface area contributed by atoms with Crippen molar-refractivity contribution in [2.45, 2.75) is 158 Å². The molecule has 0 heterocycles. The van der Waals surface area contributed by atoms with Crippen molar-refractivity contribution in [2.24, 2.45) is 0 Å². The lowest BCUT2D eigenvalue weighted by molar-refractivity contribution is -0.139. The van der Waals surface area contributed by atoms with Crippen LogP contribution in [0.15, 0.2) is 21.9 Å². The zero-order valence-electron chi connectivity index (χ0n) is 24.8. The first-order chi connectivity index (χ1) is 19.0. The smallest absolute Gasteiger partial charge is 0.224 e. The summed E-state index contributed by atoms with van der Waals surface area (Å²) in [5, 5.41) is 0. The minimum atomic E-state index is -4.92. The second-order valence-electron chi connectivity index (χ2n) is 11.1. The molecule has 0 bridgehead atoms. The molecule has 0 amide bonds. The second kappa shape index (κ2) is 19.9. The van der Waals surface area contributed by atoms with Crippen molar-refractivity contribution in [1.82, 2.24) is 0 Å². The maximum Gasteiger partial charge on any atom is 0.417 e. The summed E-state index contributed by atoms with van der Waals surface area (Å²) < 4.78 is 92.5. The van der Waals surface area contributed by atoms with Crippen LogP contribution in [0.4, 0.5) is 13.2 Å². The normalized spacial score (nSPS) is 12.7. The van der Waals surface area contributed by atoms with Crippen molar-refractivity contribution in [3.8, 4) is 0 Å². The van der Waals surface area contributed by atoms with E-state index in [0.29, 0.717) is 31.4 Å². The van der Waals surface area contributed by atoms with Crippen molar-refractivity contribution < 1.29 is 30.0 Å². The van der Waals surface area contributed by atoms with E-state index in [1.807, 2.05) is 0 Å². The molecular formula is C31H52F3O4S2. The van der Waals surface area contributed by atoms with Crippen molar-refractivity contribution in [3.63, 3.8) is 0 Å². The molecule has 0 N–H and O–H groups in total. The van der Waals surface area contributed by atoms with E-state index in [1.54, 1.807) is 0 Å². The third-order valence-corrected chi connectivity index (χ3v) is 11.0. The molecule has 233 valence electrons. The molecule has 0 aliphatic carbocycles. The number of hydrogen-bond donors (Lipinski definition) is 0. The van der Waals surface area contributed by atoms with Gasteiger partial charge in [-0.25, -0.2) is 16.8 Å². The van der Waals surface area contributed by atoms with Gasteiger partial charge in [-0.05, 0) is 25.0 Å². The van der Waals surface area contributed by atoms with Crippen LogP contribution in [0.5, 0.6) is 0 Å². The molecule has 1 rings (SSSR count). The lowest BCUT2D eigenvalue weighted by atomic mass is 10.1. The lowest BCUT2D eigenvalue weighted by Gasteiger charge is -2.15. The van der Waals surface area contributed by atoms with E-state index in [9.17, 15) is 30.0 Å². The molecule has 0 spiro atoms. The Morgan fingerprint density at radius 3 is 1.30 bits per heavy atom. The van der Waals surface area contributed by atoms with Crippen molar-refractivity contribution in [1.29, 1.82) is 0 Å². The van der Waals surface area contributed by atoms with Gasteiger partial charge >= 0.3 is 6.18 Å². The molecule has 0 aliphatic heterocycles. The van der Waals surface area contributed by atoms with E-state index < -0.39 is 47.0 Å². The molecule has 0 atom stereocenters. The van der Waals surface area contributed by atoms with Gasteiger partial charge in [-0.3, -0.25) is 0 Å². The maximum absolute atomic E-state index is 13.6. The number of rotatable bonds is 24. The molecule has 1 aromatic rings. The number of unbranched alkanes of at least 4 members (excludes halogenated alkanes) is 18. The fraction of sp³-hybridized carbons (Fsp3) is 0.806. The van der Waals surface area contributed by atoms with Crippen LogP contribution >= 0.6 is 0 Å². The summed E-state index contributed by atoms with van der Waals surface area (Å²) in [5.41, 5.74) is -1.35. The predicted molar refractivity (Wildman–Crippen MR) is 158 cm³/mol. The Hall–Kier alpha value is -1.09. The molecular weight excluding hydrogens is 557 g/mol. The van der Waals surface area contributed by atoms with E-state index in [-0.39, 0.29) is 12.2 Å². The molecule has 1 aromatic carbocycles. The summed E-state index contributed by atoms with van der Waals surface area (Å²) in [6.07, 6.45) is 15.0. The first-order valence-corrected chi connectivity index (χ1v) is 18.8. The lowest BCUT2D eigenvalue weighted by Crippen LogP contribution is -2.17. The maximum atomic E-state index is 13.6. The Balaban J connectivity index is 2.66. The van der Waals surface area contributed by atoms with Crippen molar-refractivity contribution in [2.75, 3.05) is 11.5 Å². The molecule has 0 saturated carbocycles. The van der Waals surface area contributed by atoms with Crippen LogP contribution in [0, 0.1) is 6.07 Å². The van der Waals surface area contributed by atoms with Gasteiger partial charge in [-0.15, -0.1) is 0 Å². The van der Waals surface area contributed by atoms with E-state index in [1.165, 1.54) is 57.8 Å². The van der Waals surface area contributed by atoms with Crippen LogP contribution in [0.2, 0.25) is 0 Å². The van der Waals surface area contributed by atoms with E-state index in [2.05, 4.69) is 19.9 Å². The summed E-state index contributed by atoms with van der Waals surface area (Å²) in [6.45, 7) is 4.34. The summed E-state index contributed by atoms with van der Waals surface area (Å²) >= 11 is 0. The monoisotopic (exact) mass is 609 g/mol. The van der Waals surface area contributed by atoms with Crippen LogP contribution in [-0.2, 0) is 25.9 Å². The third kappa shape index (κ3) is 15.2. The van der Waals surface area contributed by atoms with E-state index >= 15 is 0 Å². The van der Waals surface area contributed by atoms with Gasteiger partial charge in [0.1, 0.15) is 0 Å². The predicted octanol–water partition coefficient (Wildman–Crippen LogP) is 9.89. The SMILES string of the molecule is CCCCCCCCCCCCS(=O)(=O)c1[c]cc(C(F)(F)F)c(S(=O)(=O)CCCCCCCCCCCC)c1. The Kier molecular flexibility index (Phi) is 18.4. The van der Waals surface area contributed by atoms with Gasteiger partial charge in [-0.2, -0.15) is 13.2 Å². The number of halogens is 3. The Morgan fingerprint density at radius 1 is 0.575 bits per heavy atom. The average Bonchev–Trinajstić information content (AvgIpc) is 2.90. The largest absolute Gasteiger partial charge is 0.417 e. The van der Waals surface area contributed by atoms with Crippen molar-refractivity contribution >= 4 is 19.7 Å². The minimum absolute atomic E-state index is 0.233. The summed E-state index contributed by atoms with van der Waals surface area (Å²) in [4.78, 5) is -1.42. The number of benzene rings is 1. The zero-order chi connectivity index (χ0) is 29.9. The van der Waals surface area contributed by atoms with Gasteiger partial charge in [0.25, 0.3) is 0 Å². The molecule has 9 heteroatoms. The molecule has 40 heavy (non-hydrogen) atoms. The Morgan fingerprint density at radius 2 is 0.925 bits per heavy atom. The van der Waals surface area contributed by atoms with Crippen LogP contribution < -0.4 is 0 Å². The van der Waals surface area contributed by atoms with Gasteiger partial charge in [0, 0.05) is 6.07 Å². The summed E-state index contributed by atoms with van der Waals surface area (Å²) in [5.74, 6) is -0.669. The van der Waals surface area contributed by atoms with Gasteiger partial charge < -0.3 is 0 Å². The van der Waals surface area contributed by atoms with Gasteiger partial charge in [-0.1, -0.05) is 129 Å². The third-order valence-electron chi connectivity index (χ3n) is 7.40. The standard InChI is InChI=1S/C31H52F3O4S2/c1-3-5-7-9-11-13-15-17-19-21-25-39(35,36)28-23-24-29(31(32,33)34)30(27-28)40(37,38)26-22-20-18-16-14-12-10-8-6-4-2/h24,27H,3-22,25-26H2,1-2H3. The molecule has 0 aliphatic rings. The molecule has 0 aromatic heterocycles. The first-order valence-electron chi connectivity index (χ1n) is 15.5. The van der Waals surface area contributed by atoms with Crippen LogP contribution in [-0.4, -0.2) is 28.3 Å². The van der Waals surface area contributed by atoms with Gasteiger partial charge in [0.15, 0.2) is 19.7 Å².